The number of halogens is 2. The van der Waals surface area contributed by atoms with Crippen molar-refractivity contribution in [2.24, 2.45) is 0 Å². The van der Waals surface area contributed by atoms with Crippen LogP contribution in [0.5, 0.6) is 0 Å². The molecule has 0 fully saturated rings. The molecule has 0 aliphatic carbocycles. The van der Waals surface area contributed by atoms with E-state index >= 15 is 8.78 Å². The summed E-state index contributed by atoms with van der Waals surface area (Å²) in [7, 11) is 0. The van der Waals surface area contributed by atoms with Gasteiger partial charge in [0.2, 0.25) is 0 Å². The van der Waals surface area contributed by atoms with Crippen molar-refractivity contribution in [3.8, 4) is 0 Å². The number of benzene rings is 10. The van der Waals surface area contributed by atoms with Gasteiger partial charge in [-0.25, -0.2) is 8.78 Å². The summed E-state index contributed by atoms with van der Waals surface area (Å²) in [5.74, 6) is -3.03. The minimum absolute atomic E-state index is 0.0252. The van der Waals surface area contributed by atoms with Gasteiger partial charge in [0, 0.05) is 46.0 Å². The van der Waals surface area contributed by atoms with Crippen LogP contribution >= 0.6 is 0 Å². The molecule has 2 nitrogen and oxygen atoms in total. The van der Waals surface area contributed by atoms with E-state index in [1.807, 2.05) is 18.2 Å². The summed E-state index contributed by atoms with van der Waals surface area (Å²) in [5, 5.41) is 10.0. The Labute approximate surface area is 348 Å². The molecule has 4 heteroatoms. The third kappa shape index (κ3) is 6.34. The van der Waals surface area contributed by atoms with E-state index in [1.54, 1.807) is 12.1 Å². The second kappa shape index (κ2) is 14.7. The van der Waals surface area contributed by atoms with Gasteiger partial charge in [-0.1, -0.05) is 147 Å². The van der Waals surface area contributed by atoms with E-state index < -0.39 is 5.92 Å². The first kappa shape index (κ1) is 36.8. The maximum atomic E-state index is 15.3. The van der Waals surface area contributed by atoms with Crippen LogP contribution in [0.3, 0.4) is 0 Å². The Morgan fingerprint density at radius 2 is 0.767 bits per heavy atom. The number of nitrogens with zero attached hydrogens (tertiary/aromatic N) is 2. The predicted octanol–water partition coefficient (Wildman–Crippen LogP) is 16.8. The molecule has 60 heavy (non-hydrogen) atoms. The fourth-order valence-corrected chi connectivity index (χ4v) is 8.71. The smallest absolute Gasteiger partial charge is 0.270 e. The predicted molar refractivity (Wildman–Crippen MR) is 253 cm³/mol. The second-order valence-corrected chi connectivity index (χ2v) is 15.4. The molecule has 0 spiro atoms. The number of anilines is 6. The molecule has 288 valence electrons. The molecule has 0 aromatic heterocycles. The zero-order valence-electron chi connectivity index (χ0n) is 33.1. The first-order valence-corrected chi connectivity index (χ1v) is 20.1. The van der Waals surface area contributed by atoms with Gasteiger partial charge in [0.25, 0.3) is 5.92 Å². The van der Waals surface area contributed by atoms with Crippen LogP contribution in [-0.2, 0) is 5.92 Å². The summed E-state index contributed by atoms with van der Waals surface area (Å²) in [5.41, 5.74) is 7.92. The Hall–Kier alpha value is -7.56. The topological polar surface area (TPSA) is 6.48 Å². The van der Waals surface area contributed by atoms with Crippen LogP contribution in [0.4, 0.5) is 42.9 Å². The van der Waals surface area contributed by atoms with Crippen molar-refractivity contribution in [2.75, 3.05) is 9.80 Å². The van der Waals surface area contributed by atoms with E-state index in [4.69, 9.17) is 0 Å². The molecule has 0 radical (unpaired) electrons. The maximum Gasteiger partial charge on any atom is 0.270 e. The largest absolute Gasteiger partial charge is 0.310 e. The van der Waals surface area contributed by atoms with Gasteiger partial charge in [-0.3, -0.25) is 0 Å². The Morgan fingerprint density at radius 3 is 1.23 bits per heavy atom. The lowest BCUT2D eigenvalue weighted by molar-refractivity contribution is 0.0176. The van der Waals surface area contributed by atoms with Crippen LogP contribution in [0.15, 0.2) is 201 Å². The van der Waals surface area contributed by atoms with Crippen molar-refractivity contribution in [3.63, 3.8) is 0 Å². The van der Waals surface area contributed by atoms with Gasteiger partial charge in [0.05, 0.1) is 11.4 Å². The van der Waals surface area contributed by atoms with Gasteiger partial charge in [-0.15, -0.1) is 0 Å². The number of alkyl halides is 2. The van der Waals surface area contributed by atoms with Crippen LogP contribution in [0, 0.1) is 0 Å². The lowest BCUT2D eigenvalue weighted by Crippen LogP contribution is -2.11. The fourth-order valence-electron chi connectivity index (χ4n) is 8.71. The molecule has 0 bridgehead atoms. The quantitative estimate of drug-likeness (QED) is 0.135. The molecule has 0 saturated heterocycles. The Morgan fingerprint density at radius 1 is 0.383 bits per heavy atom. The number of fused-ring (bicyclic) bond motifs is 8. The average Bonchev–Trinajstić information content (AvgIpc) is 3.29. The molecule has 10 aromatic rings. The zero-order chi connectivity index (χ0) is 41.0. The van der Waals surface area contributed by atoms with Crippen LogP contribution in [-0.4, -0.2) is 0 Å². The minimum atomic E-state index is -3.03. The zero-order valence-corrected chi connectivity index (χ0v) is 33.1. The number of hydrogen-bond acceptors (Lipinski definition) is 2. The summed E-state index contributed by atoms with van der Waals surface area (Å²) in [6.07, 6.45) is 3.68. The average molecular weight is 779 g/mol. The summed E-state index contributed by atoms with van der Waals surface area (Å²) in [4.78, 5) is 4.54. The van der Waals surface area contributed by atoms with E-state index in [2.05, 4.69) is 193 Å². The first-order valence-electron chi connectivity index (χ1n) is 20.1. The molecule has 0 aliphatic heterocycles. The minimum Gasteiger partial charge on any atom is -0.310 e. The maximum absolute atomic E-state index is 15.3. The summed E-state index contributed by atoms with van der Waals surface area (Å²) < 4.78 is 30.5. The highest BCUT2D eigenvalue weighted by atomic mass is 19.3. The summed E-state index contributed by atoms with van der Waals surface area (Å²) in [6, 6.07) is 64.3. The van der Waals surface area contributed by atoms with Gasteiger partial charge < -0.3 is 9.80 Å². The molecule has 0 heterocycles. The molecule has 0 unspecified atom stereocenters. The number of rotatable bonds is 9. The van der Waals surface area contributed by atoms with Crippen molar-refractivity contribution in [3.05, 3.63) is 218 Å². The van der Waals surface area contributed by atoms with Crippen molar-refractivity contribution in [2.45, 2.75) is 12.8 Å². The fraction of sp³-hybridized carbons (Fsp3) is 0.0357. The summed E-state index contributed by atoms with van der Waals surface area (Å²) in [6.45, 7) is 8.90. The van der Waals surface area contributed by atoms with Crippen LogP contribution in [0.1, 0.15) is 23.6 Å². The Kier molecular flexibility index (Phi) is 8.99. The summed E-state index contributed by atoms with van der Waals surface area (Å²) >= 11 is 0. The first-order chi connectivity index (χ1) is 29.3. The van der Waals surface area contributed by atoms with E-state index in [1.165, 1.54) is 0 Å². The highest BCUT2D eigenvalue weighted by molar-refractivity contribution is 6.26. The molecule has 0 aliphatic rings. The molecule has 0 amide bonds. The molecule has 0 saturated carbocycles. The van der Waals surface area contributed by atoms with E-state index in [0.29, 0.717) is 0 Å². The number of hydrogen-bond donors (Lipinski definition) is 0. The highest BCUT2D eigenvalue weighted by Gasteiger charge is 2.26. The van der Waals surface area contributed by atoms with E-state index in [-0.39, 0.29) is 5.56 Å². The molecular formula is C56H40F2N2. The van der Waals surface area contributed by atoms with Gasteiger partial charge in [0.1, 0.15) is 0 Å². The lowest BCUT2D eigenvalue weighted by Gasteiger charge is -2.28. The van der Waals surface area contributed by atoms with Crippen LogP contribution < -0.4 is 9.80 Å². The van der Waals surface area contributed by atoms with Crippen molar-refractivity contribution < 1.29 is 8.78 Å². The van der Waals surface area contributed by atoms with Crippen molar-refractivity contribution in [1.29, 1.82) is 0 Å². The highest BCUT2D eigenvalue weighted by Crippen LogP contribution is 2.46. The molecule has 0 N–H and O–H groups in total. The van der Waals surface area contributed by atoms with Gasteiger partial charge in [-0.05, 0) is 121 Å². The Bertz CT molecular complexity index is 3280. The lowest BCUT2D eigenvalue weighted by atomic mass is 9.91. The molecule has 0 atom stereocenters. The molecule has 10 rings (SSSR count). The normalized spacial score (nSPS) is 11.7. The van der Waals surface area contributed by atoms with Gasteiger partial charge in [0.15, 0.2) is 0 Å². The van der Waals surface area contributed by atoms with E-state index in [9.17, 15) is 0 Å². The van der Waals surface area contributed by atoms with Gasteiger partial charge in [-0.2, -0.15) is 0 Å². The van der Waals surface area contributed by atoms with Crippen LogP contribution in [0.2, 0.25) is 0 Å². The van der Waals surface area contributed by atoms with E-state index in [0.717, 1.165) is 106 Å². The SMILES string of the molecule is C=Cc1ccc(N(c2ccc3c4ccc(N(c5ccc(C=C)cc5)c5cccc6ccccc56)cc4c4cc(C(C)(F)F)ccc4c3c2)c2cccc3ccccc23)cc1. The molecular weight excluding hydrogens is 739 g/mol. The monoisotopic (exact) mass is 778 g/mol. The van der Waals surface area contributed by atoms with Gasteiger partial charge >= 0.3 is 0 Å². The van der Waals surface area contributed by atoms with Crippen molar-refractivity contribution >= 4 is 100 Å². The molecule has 10 aromatic carbocycles. The second-order valence-electron chi connectivity index (χ2n) is 15.4. The standard InChI is InChI=1S/C56H40F2N2/c1-4-37-20-25-42(26-21-37)59(54-18-10-14-39-12-6-8-16-46(39)54)44-29-32-48-49-33-30-45(36-53(49)51-34-41(56(3,57)58)24-31-50(51)52(48)35-44)60(43-27-22-38(5-2)23-28-43)55-19-11-15-40-13-7-9-17-47(40)55/h4-36H,1-2H2,3H3. The third-order valence-corrected chi connectivity index (χ3v) is 11.7. The van der Waals surface area contributed by atoms with Crippen LogP contribution in [0.25, 0.3) is 66.0 Å². The van der Waals surface area contributed by atoms with Crippen molar-refractivity contribution in [1.82, 2.24) is 0 Å². The third-order valence-electron chi connectivity index (χ3n) is 11.7. The Balaban J connectivity index is 1.24.